The first-order valence-corrected chi connectivity index (χ1v) is 11.7. The van der Waals surface area contributed by atoms with Crippen molar-refractivity contribution in [2.75, 3.05) is 18.4 Å². The number of fused-ring (bicyclic) bond motifs is 1. The Bertz CT molecular complexity index is 1010. The van der Waals surface area contributed by atoms with E-state index in [4.69, 9.17) is 4.98 Å². The van der Waals surface area contributed by atoms with Crippen molar-refractivity contribution >= 4 is 22.6 Å². The number of carbonyl (C=O) groups is 1. The molecule has 5 nitrogen and oxygen atoms in total. The average Bonchev–Trinajstić information content (AvgIpc) is 2.91. The van der Waals surface area contributed by atoms with Gasteiger partial charge in [-0.15, -0.1) is 0 Å². The molecule has 1 aliphatic rings. The molecular formula is C26H34N4O. The molecule has 4 rings (SSSR count). The number of nitrogens with zero attached hydrogens (tertiary/aromatic N) is 3. The minimum atomic E-state index is -0.0884. The Balaban J connectivity index is 1.57. The van der Waals surface area contributed by atoms with Crippen LogP contribution in [0.3, 0.4) is 0 Å². The number of rotatable bonds is 7. The van der Waals surface area contributed by atoms with Gasteiger partial charge in [0.15, 0.2) is 0 Å². The molecule has 1 N–H and O–H groups in total. The zero-order valence-corrected chi connectivity index (χ0v) is 18.9. The Hall–Kier alpha value is -2.66. The van der Waals surface area contributed by atoms with Crippen molar-refractivity contribution in [2.24, 2.45) is 0 Å². The summed E-state index contributed by atoms with van der Waals surface area (Å²) < 4.78 is 2.38. The molecule has 0 unspecified atom stereocenters. The minimum absolute atomic E-state index is 0.0884. The van der Waals surface area contributed by atoms with Crippen LogP contribution in [0.1, 0.15) is 67.2 Å². The fourth-order valence-electron chi connectivity index (χ4n) is 4.35. The summed E-state index contributed by atoms with van der Waals surface area (Å²) in [6.07, 6.45) is 7.55. The Morgan fingerprint density at radius 1 is 1.03 bits per heavy atom. The van der Waals surface area contributed by atoms with Crippen LogP contribution in [0, 0.1) is 6.92 Å². The number of amides is 1. The quantitative estimate of drug-likeness (QED) is 0.530. The molecule has 2 heterocycles. The number of nitrogens with one attached hydrogen (secondary N) is 1. The van der Waals surface area contributed by atoms with E-state index in [1.807, 2.05) is 43.3 Å². The van der Waals surface area contributed by atoms with Gasteiger partial charge in [-0.25, -0.2) is 4.98 Å². The van der Waals surface area contributed by atoms with Crippen LogP contribution < -0.4 is 5.32 Å². The minimum Gasteiger partial charge on any atom is -0.327 e. The Morgan fingerprint density at radius 2 is 1.77 bits per heavy atom. The highest BCUT2D eigenvalue weighted by Crippen LogP contribution is 2.23. The van der Waals surface area contributed by atoms with E-state index in [-0.39, 0.29) is 5.91 Å². The van der Waals surface area contributed by atoms with Crippen molar-refractivity contribution in [2.45, 2.75) is 65.5 Å². The average molecular weight is 419 g/mol. The highest BCUT2D eigenvalue weighted by Gasteiger charge is 2.16. The van der Waals surface area contributed by atoms with Gasteiger partial charge in [-0.05, 0) is 69.6 Å². The SMILES string of the molecule is CCCCn1c(CN2CCCCCC2)nc2cc(NC(=O)c3ccc(C)cc3)ccc21. The third-order valence-corrected chi connectivity index (χ3v) is 6.20. The monoisotopic (exact) mass is 418 g/mol. The number of unbranched alkanes of at least 4 members (excludes halogenated alkanes) is 1. The molecule has 164 valence electrons. The molecule has 0 aliphatic carbocycles. The van der Waals surface area contributed by atoms with Crippen LogP contribution in [-0.2, 0) is 13.1 Å². The molecule has 3 aromatic rings. The highest BCUT2D eigenvalue weighted by atomic mass is 16.1. The van der Waals surface area contributed by atoms with Crippen LogP contribution in [0.4, 0.5) is 5.69 Å². The Labute approximate surface area is 185 Å². The Kier molecular flexibility index (Phi) is 7.03. The molecule has 5 heteroatoms. The molecule has 1 aliphatic heterocycles. The van der Waals surface area contributed by atoms with E-state index in [0.29, 0.717) is 5.56 Å². The van der Waals surface area contributed by atoms with Crippen molar-refractivity contribution in [3.05, 3.63) is 59.4 Å². The van der Waals surface area contributed by atoms with Gasteiger partial charge < -0.3 is 9.88 Å². The third kappa shape index (κ3) is 5.34. The number of anilines is 1. The standard InChI is InChI=1S/C26H34N4O/c1-3-4-17-30-24-14-13-22(27-26(31)21-11-9-20(2)10-12-21)18-23(24)28-25(30)19-29-15-7-5-6-8-16-29/h9-14,18H,3-8,15-17,19H2,1-2H3,(H,27,31). The fourth-order valence-corrected chi connectivity index (χ4v) is 4.35. The topological polar surface area (TPSA) is 50.2 Å². The van der Waals surface area contributed by atoms with Crippen LogP contribution in [0.25, 0.3) is 11.0 Å². The van der Waals surface area contributed by atoms with Crippen LogP contribution in [-0.4, -0.2) is 33.4 Å². The van der Waals surface area contributed by atoms with Crippen molar-refractivity contribution < 1.29 is 4.79 Å². The lowest BCUT2D eigenvalue weighted by molar-refractivity contribution is 0.102. The van der Waals surface area contributed by atoms with Gasteiger partial charge in [0, 0.05) is 17.8 Å². The van der Waals surface area contributed by atoms with Gasteiger partial charge in [0.2, 0.25) is 0 Å². The maximum Gasteiger partial charge on any atom is 0.255 e. The number of hydrogen-bond donors (Lipinski definition) is 1. The van der Waals surface area contributed by atoms with Crippen molar-refractivity contribution in [1.29, 1.82) is 0 Å². The van der Waals surface area contributed by atoms with Gasteiger partial charge >= 0.3 is 0 Å². The summed E-state index contributed by atoms with van der Waals surface area (Å²) >= 11 is 0. The molecular weight excluding hydrogens is 384 g/mol. The zero-order valence-electron chi connectivity index (χ0n) is 18.9. The lowest BCUT2D eigenvalue weighted by Gasteiger charge is -2.20. The molecule has 1 saturated heterocycles. The molecule has 0 bridgehead atoms. The second-order valence-electron chi connectivity index (χ2n) is 8.75. The first kappa shape index (κ1) is 21.6. The number of imidazole rings is 1. The molecule has 2 aromatic carbocycles. The normalized spacial score (nSPS) is 15.2. The summed E-state index contributed by atoms with van der Waals surface area (Å²) in [6.45, 7) is 8.47. The van der Waals surface area contributed by atoms with E-state index >= 15 is 0 Å². The maximum absolute atomic E-state index is 12.6. The summed E-state index contributed by atoms with van der Waals surface area (Å²) in [5.41, 5.74) is 4.72. The van der Waals surface area contributed by atoms with Gasteiger partial charge in [0.05, 0.1) is 17.6 Å². The van der Waals surface area contributed by atoms with E-state index in [1.54, 1.807) is 0 Å². The summed E-state index contributed by atoms with van der Waals surface area (Å²) in [5, 5.41) is 3.03. The van der Waals surface area contributed by atoms with Crippen LogP contribution >= 0.6 is 0 Å². The zero-order chi connectivity index (χ0) is 21.6. The number of carbonyl (C=O) groups excluding carboxylic acids is 1. The second kappa shape index (κ2) is 10.1. The van der Waals surface area contributed by atoms with Gasteiger partial charge in [0.1, 0.15) is 5.82 Å². The number of likely N-dealkylation sites (tertiary alicyclic amines) is 1. The summed E-state index contributed by atoms with van der Waals surface area (Å²) in [4.78, 5) is 20.2. The van der Waals surface area contributed by atoms with Crippen LogP contribution in [0.5, 0.6) is 0 Å². The molecule has 31 heavy (non-hydrogen) atoms. The predicted octanol–water partition coefficient (Wildman–Crippen LogP) is 5.77. The van der Waals surface area contributed by atoms with Gasteiger partial charge in [-0.2, -0.15) is 0 Å². The van der Waals surface area contributed by atoms with Gasteiger partial charge in [-0.1, -0.05) is 43.9 Å². The molecule has 0 atom stereocenters. The summed E-state index contributed by atoms with van der Waals surface area (Å²) in [6, 6.07) is 13.8. The molecule has 0 spiro atoms. The first-order chi connectivity index (χ1) is 15.1. The van der Waals surface area contributed by atoms with E-state index in [0.717, 1.165) is 67.1 Å². The highest BCUT2D eigenvalue weighted by molar-refractivity contribution is 6.05. The smallest absolute Gasteiger partial charge is 0.255 e. The lowest BCUT2D eigenvalue weighted by atomic mass is 10.1. The van der Waals surface area contributed by atoms with E-state index < -0.39 is 0 Å². The first-order valence-electron chi connectivity index (χ1n) is 11.7. The second-order valence-corrected chi connectivity index (χ2v) is 8.75. The lowest BCUT2D eigenvalue weighted by Crippen LogP contribution is -2.26. The van der Waals surface area contributed by atoms with Crippen molar-refractivity contribution in [1.82, 2.24) is 14.5 Å². The van der Waals surface area contributed by atoms with Gasteiger partial charge in [0.25, 0.3) is 5.91 Å². The molecule has 0 saturated carbocycles. The van der Waals surface area contributed by atoms with Crippen LogP contribution in [0.2, 0.25) is 0 Å². The third-order valence-electron chi connectivity index (χ3n) is 6.20. The van der Waals surface area contributed by atoms with E-state index in [9.17, 15) is 4.79 Å². The van der Waals surface area contributed by atoms with E-state index in [2.05, 4.69) is 27.8 Å². The summed E-state index contributed by atoms with van der Waals surface area (Å²) in [7, 11) is 0. The molecule has 1 aromatic heterocycles. The van der Waals surface area contributed by atoms with Gasteiger partial charge in [-0.3, -0.25) is 9.69 Å². The summed E-state index contributed by atoms with van der Waals surface area (Å²) in [5.74, 6) is 1.06. The van der Waals surface area contributed by atoms with Crippen LogP contribution in [0.15, 0.2) is 42.5 Å². The maximum atomic E-state index is 12.6. The number of benzene rings is 2. The molecule has 1 amide bonds. The molecule has 0 radical (unpaired) electrons. The van der Waals surface area contributed by atoms with E-state index in [1.165, 1.54) is 25.7 Å². The molecule has 1 fully saturated rings. The Morgan fingerprint density at radius 3 is 2.48 bits per heavy atom. The largest absolute Gasteiger partial charge is 0.327 e. The van der Waals surface area contributed by atoms with Crippen molar-refractivity contribution in [3.63, 3.8) is 0 Å². The fraction of sp³-hybridized carbons (Fsp3) is 0.462. The number of aromatic nitrogens is 2. The predicted molar refractivity (Wildman–Crippen MR) is 128 cm³/mol. The number of aryl methyl sites for hydroxylation is 2. The number of hydrogen-bond acceptors (Lipinski definition) is 3. The van der Waals surface area contributed by atoms with Crippen molar-refractivity contribution in [3.8, 4) is 0 Å².